The molecule has 0 amide bonds. The third kappa shape index (κ3) is 1.45. The zero-order valence-electron chi connectivity index (χ0n) is 9.25. The zero-order chi connectivity index (χ0) is 11.8. The van der Waals surface area contributed by atoms with E-state index >= 15 is 0 Å². The van der Waals surface area contributed by atoms with Crippen LogP contribution >= 0.6 is 0 Å². The van der Waals surface area contributed by atoms with E-state index in [1.165, 1.54) is 11.7 Å². The number of ether oxygens (including phenoxy) is 1. The van der Waals surface area contributed by atoms with Crippen LogP contribution in [0, 0.1) is 0 Å². The summed E-state index contributed by atoms with van der Waals surface area (Å²) in [5.74, 6) is 0. The van der Waals surface area contributed by atoms with Crippen molar-refractivity contribution in [3.63, 3.8) is 0 Å². The first-order valence-corrected chi connectivity index (χ1v) is 5.24. The lowest BCUT2D eigenvalue weighted by Crippen LogP contribution is -2.11. The molecule has 0 unspecified atom stereocenters. The number of pyridine rings is 1. The third-order valence-electron chi connectivity index (χ3n) is 2.76. The predicted molar refractivity (Wildman–Crippen MR) is 64.2 cm³/mol. The van der Waals surface area contributed by atoms with Gasteiger partial charge in [0, 0.05) is 23.3 Å². The summed E-state index contributed by atoms with van der Waals surface area (Å²) in [6, 6.07) is 9.78. The van der Waals surface area contributed by atoms with Crippen molar-refractivity contribution in [2.45, 2.75) is 0 Å². The van der Waals surface area contributed by atoms with Gasteiger partial charge in [-0.15, -0.1) is 0 Å². The number of fused-ring (bicyclic) bond motifs is 3. The second kappa shape index (κ2) is 3.59. The smallest absolute Gasteiger partial charge is 0.417 e. The van der Waals surface area contributed by atoms with Gasteiger partial charge in [0.05, 0.1) is 18.3 Å². The van der Waals surface area contributed by atoms with Crippen LogP contribution in [0.1, 0.15) is 0 Å². The van der Waals surface area contributed by atoms with Crippen LogP contribution in [0.15, 0.2) is 42.7 Å². The van der Waals surface area contributed by atoms with Crippen molar-refractivity contribution in [1.82, 2.24) is 9.55 Å². The Bertz CT molecular complexity index is 672. The summed E-state index contributed by atoms with van der Waals surface area (Å²) in [4.78, 5) is 15.8. The van der Waals surface area contributed by atoms with Gasteiger partial charge >= 0.3 is 6.09 Å². The molecule has 0 saturated carbocycles. The highest BCUT2D eigenvalue weighted by atomic mass is 16.5. The summed E-state index contributed by atoms with van der Waals surface area (Å²) < 4.78 is 6.04. The molecule has 4 nitrogen and oxygen atoms in total. The first-order valence-electron chi connectivity index (χ1n) is 5.24. The average molecular weight is 226 g/mol. The van der Waals surface area contributed by atoms with E-state index in [0.717, 1.165) is 22.2 Å². The van der Waals surface area contributed by atoms with Crippen molar-refractivity contribution in [3.8, 4) is 11.3 Å². The van der Waals surface area contributed by atoms with E-state index in [2.05, 4.69) is 9.72 Å². The summed E-state index contributed by atoms with van der Waals surface area (Å²) >= 11 is 0. The highest BCUT2D eigenvalue weighted by molar-refractivity contribution is 5.97. The lowest BCUT2D eigenvalue weighted by atomic mass is 10.1. The second-order valence-corrected chi connectivity index (χ2v) is 3.75. The fourth-order valence-corrected chi connectivity index (χ4v) is 1.95. The molecule has 1 aromatic rings. The summed E-state index contributed by atoms with van der Waals surface area (Å²) in [7, 11) is 1.36. The zero-order valence-corrected chi connectivity index (χ0v) is 9.25. The number of carbonyl (C=O) groups is 1. The van der Waals surface area contributed by atoms with Crippen molar-refractivity contribution in [3.05, 3.63) is 42.7 Å². The van der Waals surface area contributed by atoms with Crippen molar-refractivity contribution in [2.75, 3.05) is 7.11 Å². The Morgan fingerprint density at radius 1 is 1.29 bits per heavy atom. The molecule has 0 fully saturated rings. The van der Waals surface area contributed by atoms with E-state index in [1.807, 2.05) is 30.3 Å². The topological polar surface area (TPSA) is 44.1 Å². The molecule has 4 heteroatoms. The van der Waals surface area contributed by atoms with Crippen LogP contribution in [0.25, 0.3) is 22.2 Å². The van der Waals surface area contributed by atoms with E-state index in [9.17, 15) is 4.79 Å². The number of hydrogen-bond donors (Lipinski definition) is 0. The Kier molecular flexibility index (Phi) is 2.08. The molecule has 84 valence electrons. The first-order chi connectivity index (χ1) is 8.29. The molecule has 2 heterocycles. The average Bonchev–Trinajstić information content (AvgIpc) is 2.75. The van der Waals surface area contributed by atoms with Gasteiger partial charge in [0.2, 0.25) is 0 Å². The minimum Gasteiger partial charge on any atom is -0.452 e. The van der Waals surface area contributed by atoms with E-state index in [-0.39, 0.29) is 0 Å². The van der Waals surface area contributed by atoms with E-state index in [0.29, 0.717) is 0 Å². The number of carbonyl (C=O) groups excluding carboxylic acids is 1. The molecule has 0 saturated heterocycles. The predicted octanol–water partition coefficient (Wildman–Crippen LogP) is 2.76. The minimum atomic E-state index is -0.418. The number of methoxy groups -OCH3 is 1. The Morgan fingerprint density at radius 3 is 2.94 bits per heavy atom. The Balaban J connectivity index is 2.27. The van der Waals surface area contributed by atoms with Crippen LogP contribution in [0.3, 0.4) is 0 Å². The van der Waals surface area contributed by atoms with Crippen molar-refractivity contribution in [1.29, 1.82) is 0 Å². The Labute approximate surface area is 97.8 Å². The largest absolute Gasteiger partial charge is 0.452 e. The van der Waals surface area contributed by atoms with Gasteiger partial charge in [0.15, 0.2) is 0 Å². The maximum absolute atomic E-state index is 11.4. The lowest BCUT2D eigenvalue weighted by molar-refractivity contribution is 0.172. The molecule has 17 heavy (non-hydrogen) atoms. The highest BCUT2D eigenvalue weighted by Gasteiger charge is 2.13. The van der Waals surface area contributed by atoms with Gasteiger partial charge in [-0.2, -0.15) is 0 Å². The summed E-state index contributed by atoms with van der Waals surface area (Å²) in [5.41, 5.74) is 2.77. The van der Waals surface area contributed by atoms with Gasteiger partial charge in [-0.25, -0.2) is 9.78 Å². The first kappa shape index (κ1) is 9.84. The fourth-order valence-electron chi connectivity index (χ4n) is 1.95. The van der Waals surface area contributed by atoms with Crippen LogP contribution in [0.4, 0.5) is 4.79 Å². The summed E-state index contributed by atoms with van der Waals surface area (Å²) in [5, 5.41) is 1.10. The van der Waals surface area contributed by atoms with Crippen LogP contribution in [-0.2, 0) is 4.74 Å². The van der Waals surface area contributed by atoms with Gasteiger partial charge < -0.3 is 4.74 Å². The molecule has 2 aliphatic heterocycles. The summed E-state index contributed by atoms with van der Waals surface area (Å²) in [6.07, 6.45) is 2.95. The minimum absolute atomic E-state index is 0.418. The van der Waals surface area contributed by atoms with Crippen LogP contribution in [0.5, 0.6) is 0 Å². The molecule has 0 atom stereocenters. The Morgan fingerprint density at radius 2 is 2.12 bits per heavy atom. The normalized spacial score (nSPS) is 10.9. The van der Waals surface area contributed by atoms with Crippen LogP contribution < -0.4 is 0 Å². The number of benzene rings is 1. The lowest BCUT2D eigenvalue weighted by Gasteiger charge is -2.05. The van der Waals surface area contributed by atoms with Crippen LogP contribution in [0.2, 0.25) is 0 Å². The molecule has 0 bridgehead atoms. The molecule has 1 aromatic carbocycles. The van der Waals surface area contributed by atoms with Gasteiger partial charge in [-0.1, -0.05) is 18.2 Å². The van der Waals surface area contributed by atoms with E-state index in [4.69, 9.17) is 0 Å². The maximum Gasteiger partial charge on any atom is 0.417 e. The van der Waals surface area contributed by atoms with Gasteiger partial charge in [-0.3, -0.25) is 4.57 Å². The number of para-hydroxylation sites is 1. The molecular formula is C13H10N2O2. The molecule has 2 aliphatic rings. The van der Waals surface area contributed by atoms with Gasteiger partial charge in [-0.05, 0) is 12.1 Å². The van der Waals surface area contributed by atoms with Gasteiger partial charge in [0.1, 0.15) is 0 Å². The van der Waals surface area contributed by atoms with E-state index < -0.39 is 6.09 Å². The van der Waals surface area contributed by atoms with Gasteiger partial charge in [0.25, 0.3) is 0 Å². The quantitative estimate of drug-likeness (QED) is 0.592. The van der Waals surface area contributed by atoms with Crippen molar-refractivity contribution >= 4 is 17.0 Å². The number of hydrogen-bond acceptors (Lipinski definition) is 3. The third-order valence-corrected chi connectivity index (χ3v) is 2.76. The van der Waals surface area contributed by atoms with E-state index in [1.54, 1.807) is 12.4 Å². The number of nitrogens with zero attached hydrogens (tertiary/aromatic N) is 2. The number of aromatic nitrogens is 2. The molecule has 0 spiro atoms. The SMILES string of the molecule is COC(=O)n1ccc2c3ccccc3nc-2c1. The molecule has 3 rings (SSSR count). The van der Waals surface area contributed by atoms with Crippen molar-refractivity contribution in [2.24, 2.45) is 0 Å². The summed E-state index contributed by atoms with van der Waals surface area (Å²) in [6.45, 7) is 0. The standard InChI is InChI=1S/C13H10N2O2/c1-17-13(16)15-7-6-10-9-4-2-3-5-11(9)14-12(10)8-15/h2-8H,1H3. The number of rotatable bonds is 0. The highest BCUT2D eigenvalue weighted by Crippen LogP contribution is 2.30. The monoisotopic (exact) mass is 226 g/mol. The molecule has 0 N–H and O–H groups in total. The molecule has 0 radical (unpaired) electrons. The van der Waals surface area contributed by atoms with Crippen LogP contribution in [-0.4, -0.2) is 22.8 Å². The van der Waals surface area contributed by atoms with Crippen molar-refractivity contribution < 1.29 is 9.53 Å². The fraction of sp³-hybridized carbons (Fsp3) is 0.0769. The maximum atomic E-state index is 11.4. The Hall–Kier alpha value is -2.36. The molecular weight excluding hydrogens is 216 g/mol. The molecule has 0 aromatic heterocycles. The second-order valence-electron chi connectivity index (χ2n) is 3.75. The molecule has 0 aliphatic carbocycles.